The first-order chi connectivity index (χ1) is 8.04. The van der Waals surface area contributed by atoms with Gasteiger partial charge in [-0.2, -0.15) is 0 Å². The van der Waals surface area contributed by atoms with Gasteiger partial charge in [-0.3, -0.25) is 9.69 Å². The third kappa shape index (κ3) is 3.88. The third-order valence-corrected chi connectivity index (χ3v) is 2.29. The molecule has 1 aromatic rings. The van der Waals surface area contributed by atoms with E-state index in [-0.39, 0.29) is 12.5 Å². The lowest BCUT2D eigenvalue weighted by Gasteiger charge is -2.16. The van der Waals surface area contributed by atoms with E-state index in [1.807, 2.05) is 12.1 Å². The molecular formula is C12H16N2O3. The van der Waals surface area contributed by atoms with E-state index >= 15 is 0 Å². The van der Waals surface area contributed by atoms with Gasteiger partial charge < -0.3 is 10.5 Å². The zero-order valence-corrected chi connectivity index (χ0v) is 9.97. The molecule has 0 unspecified atom stereocenters. The standard InChI is InChI=1S/C12H16N2O3/c1-14(8-11(13)15)7-9-5-3-4-6-10(9)12(16)17-2/h3-6H,7-8H2,1-2H3,(H2,13,15). The summed E-state index contributed by atoms with van der Waals surface area (Å²) in [6.45, 7) is 0.615. The van der Waals surface area contributed by atoms with E-state index in [9.17, 15) is 9.59 Å². The number of primary amides is 1. The van der Waals surface area contributed by atoms with Crippen LogP contribution in [0.1, 0.15) is 15.9 Å². The molecule has 0 fully saturated rings. The van der Waals surface area contributed by atoms with Crippen LogP contribution in [0.4, 0.5) is 0 Å². The van der Waals surface area contributed by atoms with E-state index < -0.39 is 5.91 Å². The highest BCUT2D eigenvalue weighted by Crippen LogP contribution is 2.12. The average Bonchev–Trinajstić information content (AvgIpc) is 2.27. The number of rotatable bonds is 5. The number of ether oxygens (including phenoxy) is 1. The van der Waals surface area contributed by atoms with Crippen molar-refractivity contribution in [1.82, 2.24) is 4.90 Å². The van der Waals surface area contributed by atoms with Crippen LogP contribution < -0.4 is 5.73 Å². The quantitative estimate of drug-likeness (QED) is 0.751. The van der Waals surface area contributed by atoms with Crippen molar-refractivity contribution in [1.29, 1.82) is 0 Å². The number of nitrogens with two attached hydrogens (primary N) is 1. The predicted molar refractivity (Wildman–Crippen MR) is 63.3 cm³/mol. The molecule has 0 aliphatic carbocycles. The Morgan fingerprint density at radius 3 is 2.59 bits per heavy atom. The zero-order chi connectivity index (χ0) is 12.8. The Labute approximate surface area is 100 Å². The molecule has 0 bridgehead atoms. The Bertz CT molecular complexity index is 418. The SMILES string of the molecule is COC(=O)c1ccccc1CN(C)CC(N)=O. The molecule has 0 atom stereocenters. The molecule has 5 heteroatoms. The molecule has 1 amide bonds. The Kier molecular flexibility index (Phi) is 4.66. The van der Waals surface area contributed by atoms with Crippen molar-refractivity contribution in [2.24, 2.45) is 5.73 Å². The minimum atomic E-state index is -0.400. The van der Waals surface area contributed by atoms with Crippen LogP contribution in [0, 0.1) is 0 Å². The monoisotopic (exact) mass is 236 g/mol. The Morgan fingerprint density at radius 2 is 2.00 bits per heavy atom. The highest BCUT2D eigenvalue weighted by molar-refractivity contribution is 5.91. The minimum absolute atomic E-state index is 0.148. The van der Waals surface area contributed by atoms with Crippen LogP contribution in [0.5, 0.6) is 0 Å². The zero-order valence-electron chi connectivity index (χ0n) is 9.97. The van der Waals surface area contributed by atoms with Crippen LogP contribution in [-0.4, -0.2) is 37.5 Å². The van der Waals surface area contributed by atoms with E-state index in [0.29, 0.717) is 12.1 Å². The van der Waals surface area contributed by atoms with E-state index in [0.717, 1.165) is 5.56 Å². The molecule has 0 saturated carbocycles. The second kappa shape index (κ2) is 6.00. The maximum absolute atomic E-state index is 11.5. The fourth-order valence-corrected chi connectivity index (χ4v) is 1.58. The fourth-order valence-electron chi connectivity index (χ4n) is 1.58. The summed E-state index contributed by atoms with van der Waals surface area (Å²) in [5.41, 5.74) is 6.41. The normalized spacial score (nSPS) is 10.3. The molecular weight excluding hydrogens is 220 g/mol. The molecule has 0 radical (unpaired) electrons. The summed E-state index contributed by atoms with van der Waals surface area (Å²) in [5, 5.41) is 0. The van der Waals surface area contributed by atoms with Crippen molar-refractivity contribution in [3.05, 3.63) is 35.4 Å². The van der Waals surface area contributed by atoms with E-state index in [4.69, 9.17) is 10.5 Å². The molecule has 5 nitrogen and oxygen atoms in total. The number of hydrogen-bond donors (Lipinski definition) is 1. The fraction of sp³-hybridized carbons (Fsp3) is 0.333. The van der Waals surface area contributed by atoms with Crippen molar-refractivity contribution in [3.63, 3.8) is 0 Å². The van der Waals surface area contributed by atoms with Crippen molar-refractivity contribution < 1.29 is 14.3 Å². The molecule has 0 heterocycles. The van der Waals surface area contributed by atoms with Crippen molar-refractivity contribution >= 4 is 11.9 Å². The van der Waals surface area contributed by atoms with Gasteiger partial charge in [0.05, 0.1) is 19.2 Å². The number of methoxy groups -OCH3 is 1. The van der Waals surface area contributed by atoms with Gasteiger partial charge in [-0.1, -0.05) is 18.2 Å². The lowest BCUT2D eigenvalue weighted by Crippen LogP contribution is -2.30. The summed E-state index contributed by atoms with van der Waals surface area (Å²) >= 11 is 0. The van der Waals surface area contributed by atoms with E-state index in [2.05, 4.69) is 0 Å². The van der Waals surface area contributed by atoms with Crippen molar-refractivity contribution in [3.8, 4) is 0 Å². The van der Waals surface area contributed by atoms with Gasteiger partial charge in [0.15, 0.2) is 0 Å². The molecule has 0 aliphatic rings. The Hall–Kier alpha value is -1.88. The lowest BCUT2D eigenvalue weighted by molar-refractivity contribution is -0.118. The van der Waals surface area contributed by atoms with Crippen LogP contribution in [0.25, 0.3) is 0 Å². The summed E-state index contributed by atoms with van der Waals surface area (Å²) in [6.07, 6.45) is 0. The highest BCUT2D eigenvalue weighted by Gasteiger charge is 2.12. The maximum atomic E-state index is 11.5. The Morgan fingerprint density at radius 1 is 1.35 bits per heavy atom. The van der Waals surface area contributed by atoms with Gasteiger partial charge >= 0.3 is 5.97 Å². The number of likely N-dealkylation sites (N-methyl/N-ethyl adjacent to an activating group) is 1. The first-order valence-corrected chi connectivity index (χ1v) is 5.17. The van der Waals surface area contributed by atoms with Crippen LogP contribution in [0.3, 0.4) is 0 Å². The summed E-state index contributed by atoms with van der Waals surface area (Å²) < 4.78 is 4.69. The highest BCUT2D eigenvalue weighted by atomic mass is 16.5. The van der Waals surface area contributed by atoms with Gasteiger partial charge in [0.25, 0.3) is 0 Å². The molecule has 92 valence electrons. The van der Waals surface area contributed by atoms with Gasteiger partial charge in [0.2, 0.25) is 5.91 Å². The van der Waals surface area contributed by atoms with E-state index in [1.54, 1.807) is 24.1 Å². The molecule has 0 saturated heterocycles. The molecule has 17 heavy (non-hydrogen) atoms. The van der Waals surface area contributed by atoms with Crippen LogP contribution in [0.15, 0.2) is 24.3 Å². The average molecular weight is 236 g/mol. The summed E-state index contributed by atoms with van der Waals surface area (Å²) in [7, 11) is 3.10. The van der Waals surface area contributed by atoms with Crippen LogP contribution in [0.2, 0.25) is 0 Å². The summed E-state index contributed by atoms with van der Waals surface area (Å²) in [4.78, 5) is 24.0. The van der Waals surface area contributed by atoms with Gasteiger partial charge in [0.1, 0.15) is 0 Å². The molecule has 1 rings (SSSR count). The van der Waals surface area contributed by atoms with Crippen molar-refractivity contribution in [2.75, 3.05) is 20.7 Å². The smallest absolute Gasteiger partial charge is 0.338 e. The number of nitrogens with zero attached hydrogens (tertiary/aromatic N) is 1. The molecule has 2 N–H and O–H groups in total. The topological polar surface area (TPSA) is 72.6 Å². The van der Waals surface area contributed by atoms with Crippen LogP contribution in [-0.2, 0) is 16.1 Å². The minimum Gasteiger partial charge on any atom is -0.465 e. The molecule has 0 aromatic heterocycles. The third-order valence-electron chi connectivity index (χ3n) is 2.29. The molecule has 0 aliphatic heterocycles. The number of carbonyl (C=O) groups is 2. The van der Waals surface area contributed by atoms with Gasteiger partial charge in [-0.05, 0) is 18.7 Å². The van der Waals surface area contributed by atoms with Gasteiger partial charge in [-0.25, -0.2) is 4.79 Å². The number of benzene rings is 1. The second-order valence-corrected chi connectivity index (χ2v) is 3.79. The summed E-state index contributed by atoms with van der Waals surface area (Å²) in [5.74, 6) is -0.781. The number of esters is 1. The largest absolute Gasteiger partial charge is 0.465 e. The molecule has 1 aromatic carbocycles. The lowest BCUT2D eigenvalue weighted by atomic mass is 10.1. The number of hydrogen-bond acceptors (Lipinski definition) is 4. The second-order valence-electron chi connectivity index (χ2n) is 3.79. The number of amides is 1. The van der Waals surface area contributed by atoms with Gasteiger partial charge in [0, 0.05) is 6.54 Å². The predicted octanol–water partition coefficient (Wildman–Crippen LogP) is 0.390. The van der Waals surface area contributed by atoms with Crippen molar-refractivity contribution in [2.45, 2.75) is 6.54 Å². The van der Waals surface area contributed by atoms with Gasteiger partial charge in [-0.15, -0.1) is 0 Å². The number of carbonyl (C=O) groups excluding carboxylic acids is 2. The Balaban J connectivity index is 2.83. The first-order valence-electron chi connectivity index (χ1n) is 5.17. The van der Waals surface area contributed by atoms with E-state index in [1.165, 1.54) is 7.11 Å². The van der Waals surface area contributed by atoms with Crippen LogP contribution >= 0.6 is 0 Å². The maximum Gasteiger partial charge on any atom is 0.338 e. The molecule has 0 spiro atoms. The first kappa shape index (κ1) is 13.2. The summed E-state index contributed by atoms with van der Waals surface area (Å²) in [6, 6.07) is 7.12.